The van der Waals surface area contributed by atoms with E-state index in [9.17, 15) is 18.0 Å². The van der Waals surface area contributed by atoms with Gasteiger partial charge in [0.25, 0.3) is 5.91 Å². The predicted octanol–water partition coefficient (Wildman–Crippen LogP) is 6.49. The number of amides is 1. The van der Waals surface area contributed by atoms with Crippen LogP contribution in [0.25, 0.3) is 16.9 Å². The van der Waals surface area contributed by atoms with Crippen LogP contribution >= 0.6 is 11.6 Å². The van der Waals surface area contributed by atoms with Gasteiger partial charge in [0.1, 0.15) is 5.69 Å². The summed E-state index contributed by atoms with van der Waals surface area (Å²) >= 11 is 6.38. The predicted molar refractivity (Wildman–Crippen MR) is 136 cm³/mol. The standard InChI is InChI=1S/C26H26ClF3N6O/c1-15(2)5-6-17-9-19(26(28,29)30)12-20(10-17)32-25(37)18-7-8-22(27)24(11-18)36-14-23(33-34-36)21-13-31-35(4)16(21)3/h7-15H,5-6H2,1-4H3,(H,32,37). The second-order valence-electron chi connectivity index (χ2n) is 9.28. The van der Waals surface area contributed by atoms with Gasteiger partial charge in [0.05, 0.1) is 28.7 Å². The third-order valence-corrected chi connectivity index (χ3v) is 6.37. The molecule has 7 nitrogen and oxygen atoms in total. The number of hydrogen-bond acceptors (Lipinski definition) is 4. The number of nitrogens with one attached hydrogen (secondary N) is 1. The molecule has 0 atom stereocenters. The quantitative estimate of drug-likeness (QED) is 0.296. The molecule has 0 fully saturated rings. The highest BCUT2D eigenvalue weighted by molar-refractivity contribution is 6.32. The van der Waals surface area contributed by atoms with Gasteiger partial charge in [0.15, 0.2) is 0 Å². The summed E-state index contributed by atoms with van der Waals surface area (Å²) < 4.78 is 43.6. The maximum Gasteiger partial charge on any atom is 0.416 e. The van der Waals surface area contributed by atoms with Crippen molar-refractivity contribution in [2.24, 2.45) is 13.0 Å². The molecule has 194 valence electrons. The zero-order valence-electron chi connectivity index (χ0n) is 20.8. The van der Waals surface area contributed by atoms with Gasteiger partial charge in [-0.15, -0.1) is 5.10 Å². The maximum atomic E-state index is 13.5. The Labute approximate surface area is 217 Å². The van der Waals surface area contributed by atoms with Crippen molar-refractivity contribution < 1.29 is 18.0 Å². The van der Waals surface area contributed by atoms with Gasteiger partial charge in [-0.1, -0.05) is 30.7 Å². The topological polar surface area (TPSA) is 77.6 Å². The summed E-state index contributed by atoms with van der Waals surface area (Å²) in [4.78, 5) is 13.0. The first-order valence-corrected chi connectivity index (χ1v) is 12.0. The van der Waals surface area contributed by atoms with Crippen LogP contribution in [-0.4, -0.2) is 30.7 Å². The van der Waals surface area contributed by atoms with Crippen LogP contribution in [0.15, 0.2) is 48.8 Å². The fraction of sp³-hybridized carbons (Fsp3) is 0.308. The van der Waals surface area contributed by atoms with Crippen LogP contribution in [-0.2, 0) is 19.6 Å². The van der Waals surface area contributed by atoms with Gasteiger partial charge in [-0.25, -0.2) is 4.68 Å². The number of rotatable bonds is 7. The molecular weight excluding hydrogens is 505 g/mol. The lowest BCUT2D eigenvalue weighted by atomic mass is 10.00. The minimum atomic E-state index is -4.53. The number of aryl methyl sites for hydroxylation is 2. The van der Waals surface area contributed by atoms with Gasteiger partial charge in [-0.2, -0.15) is 18.3 Å². The summed E-state index contributed by atoms with van der Waals surface area (Å²) in [5.74, 6) is -0.241. The first-order valence-electron chi connectivity index (χ1n) is 11.7. The summed E-state index contributed by atoms with van der Waals surface area (Å²) in [7, 11) is 1.82. The SMILES string of the molecule is Cc1c(-c2cn(-c3cc(C(=O)Nc4cc(CCC(C)C)cc(C(F)(F)F)c4)ccc3Cl)nn2)cnn1C. The van der Waals surface area contributed by atoms with E-state index in [0.717, 1.165) is 29.8 Å². The van der Waals surface area contributed by atoms with E-state index in [2.05, 4.69) is 20.7 Å². The minimum absolute atomic E-state index is 0.0742. The molecule has 0 saturated carbocycles. The Bertz CT molecular complexity index is 1440. The fourth-order valence-electron chi connectivity index (χ4n) is 3.82. The largest absolute Gasteiger partial charge is 0.416 e. The van der Waals surface area contributed by atoms with Crippen LogP contribution in [0.1, 0.15) is 47.4 Å². The Hall–Kier alpha value is -3.66. The summed E-state index contributed by atoms with van der Waals surface area (Å²) in [6.45, 7) is 5.91. The smallest absolute Gasteiger partial charge is 0.322 e. The first kappa shape index (κ1) is 26.4. The van der Waals surface area contributed by atoms with E-state index in [1.54, 1.807) is 23.1 Å². The Morgan fingerprint density at radius 2 is 1.92 bits per heavy atom. The molecule has 4 aromatic rings. The van der Waals surface area contributed by atoms with E-state index in [1.807, 2.05) is 27.8 Å². The Morgan fingerprint density at radius 1 is 1.16 bits per heavy atom. The van der Waals surface area contributed by atoms with Crippen molar-refractivity contribution in [3.05, 3.63) is 76.2 Å². The molecule has 2 aromatic heterocycles. The third kappa shape index (κ3) is 6.02. The van der Waals surface area contributed by atoms with E-state index in [-0.39, 0.29) is 11.3 Å². The first-order chi connectivity index (χ1) is 17.4. The van der Waals surface area contributed by atoms with Gasteiger partial charge in [-0.05, 0) is 67.6 Å². The van der Waals surface area contributed by atoms with Crippen molar-refractivity contribution >= 4 is 23.2 Å². The molecule has 0 aliphatic carbocycles. The second kappa shape index (κ2) is 10.4. The highest BCUT2D eigenvalue weighted by Crippen LogP contribution is 2.33. The molecule has 0 radical (unpaired) electrons. The third-order valence-electron chi connectivity index (χ3n) is 6.05. The lowest BCUT2D eigenvalue weighted by Gasteiger charge is -2.14. The summed E-state index contributed by atoms with van der Waals surface area (Å²) in [5.41, 5.74) is 2.67. The van der Waals surface area contributed by atoms with Gasteiger partial charge < -0.3 is 5.32 Å². The molecular formula is C26H26ClF3N6O. The number of halogens is 4. The lowest BCUT2D eigenvalue weighted by Crippen LogP contribution is -2.14. The number of aromatic nitrogens is 5. The Kier molecular flexibility index (Phi) is 7.40. The number of benzene rings is 2. The van der Waals surface area contributed by atoms with Crippen molar-refractivity contribution in [2.45, 2.75) is 39.8 Å². The summed E-state index contributed by atoms with van der Waals surface area (Å²) in [5, 5.41) is 15.4. The molecule has 11 heteroatoms. The van der Waals surface area contributed by atoms with Gasteiger partial charge in [-0.3, -0.25) is 9.48 Å². The molecule has 2 heterocycles. The number of carbonyl (C=O) groups excluding carboxylic acids is 1. The summed E-state index contributed by atoms with van der Waals surface area (Å²) in [6.07, 6.45) is 0.0207. The average molecular weight is 531 g/mol. The van der Waals surface area contributed by atoms with Crippen LogP contribution in [0.5, 0.6) is 0 Å². The highest BCUT2D eigenvalue weighted by atomic mass is 35.5. The molecule has 0 aliphatic rings. The average Bonchev–Trinajstić information content (AvgIpc) is 3.44. The maximum absolute atomic E-state index is 13.5. The molecule has 0 spiro atoms. The molecule has 4 rings (SSSR count). The number of anilines is 1. The molecule has 37 heavy (non-hydrogen) atoms. The fourth-order valence-corrected chi connectivity index (χ4v) is 4.02. The van der Waals surface area contributed by atoms with Crippen LogP contribution in [0.4, 0.5) is 18.9 Å². The van der Waals surface area contributed by atoms with Crippen molar-refractivity contribution in [3.63, 3.8) is 0 Å². The number of alkyl halides is 3. The van der Waals surface area contributed by atoms with Crippen LogP contribution in [0, 0.1) is 12.8 Å². The molecule has 0 saturated heterocycles. The van der Waals surface area contributed by atoms with Gasteiger partial charge in [0, 0.05) is 29.6 Å². The molecule has 0 unspecified atom stereocenters. The van der Waals surface area contributed by atoms with Crippen molar-refractivity contribution in [2.75, 3.05) is 5.32 Å². The molecule has 1 N–H and O–H groups in total. The summed E-state index contributed by atoms with van der Waals surface area (Å²) in [6, 6.07) is 8.18. The van der Waals surface area contributed by atoms with E-state index >= 15 is 0 Å². The highest BCUT2D eigenvalue weighted by Gasteiger charge is 2.31. The zero-order valence-corrected chi connectivity index (χ0v) is 21.5. The minimum Gasteiger partial charge on any atom is -0.322 e. The van der Waals surface area contributed by atoms with E-state index in [0.29, 0.717) is 34.3 Å². The van der Waals surface area contributed by atoms with E-state index in [1.165, 1.54) is 22.9 Å². The van der Waals surface area contributed by atoms with Gasteiger partial charge in [0.2, 0.25) is 0 Å². The van der Waals surface area contributed by atoms with Crippen LogP contribution < -0.4 is 5.32 Å². The van der Waals surface area contributed by atoms with Gasteiger partial charge >= 0.3 is 6.18 Å². The van der Waals surface area contributed by atoms with E-state index < -0.39 is 17.6 Å². The Balaban J connectivity index is 1.61. The Morgan fingerprint density at radius 3 is 2.57 bits per heavy atom. The van der Waals surface area contributed by atoms with Crippen molar-refractivity contribution in [1.29, 1.82) is 0 Å². The van der Waals surface area contributed by atoms with E-state index in [4.69, 9.17) is 11.6 Å². The molecule has 1 amide bonds. The molecule has 2 aromatic carbocycles. The monoisotopic (exact) mass is 530 g/mol. The molecule has 0 aliphatic heterocycles. The number of carbonyl (C=O) groups is 1. The van der Waals surface area contributed by atoms with Crippen LogP contribution in [0.2, 0.25) is 5.02 Å². The number of nitrogens with zero attached hydrogens (tertiary/aromatic N) is 5. The normalized spacial score (nSPS) is 11.8. The zero-order chi connectivity index (χ0) is 26.9. The number of hydrogen-bond donors (Lipinski definition) is 1. The van der Waals surface area contributed by atoms with Crippen LogP contribution in [0.3, 0.4) is 0 Å². The molecule has 0 bridgehead atoms. The van der Waals surface area contributed by atoms with Crippen molar-refractivity contribution in [3.8, 4) is 16.9 Å². The second-order valence-corrected chi connectivity index (χ2v) is 9.69. The van der Waals surface area contributed by atoms with Crippen molar-refractivity contribution in [1.82, 2.24) is 24.8 Å². The lowest BCUT2D eigenvalue weighted by molar-refractivity contribution is -0.137.